The van der Waals surface area contributed by atoms with Crippen molar-refractivity contribution in [2.45, 2.75) is 0 Å². The highest BCUT2D eigenvalue weighted by molar-refractivity contribution is 7.33. The summed E-state index contributed by atoms with van der Waals surface area (Å²) in [5.41, 5.74) is 0.778. The van der Waals surface area contributed by atoms with Gasteiger partial charge < -0.3 is 4.98 Å². The van der Waals surface area contributed by atoms with Gasteiger partial charge in [0, 0.05) is 12.3 Å². The molecular weight excluding hydrogens is 109 g/mol. The number of H-pyrrole nitrogens is 1. The minimum Gasteiger partial charge on any atom is -0.324 e. The first-order chi connectivity index (χ1) is 3.43. The van der Waals surface area contributed by atoms with Gasteiger partial charge in [-0.2, -0.15) is 0 Å². The molecule has 2 nitrogen and oxygen atoms in total. The van der Waals surface area contributed by atoms with E-state index in [4.69, 9.17) is 0 Å². The van der Waals surface area contributed by atoms with E-state index in [2.05, 4.69) is 4.98 Å². The molecule has 0 saturated carbocycles. The molecule has 1 rings (SSSR count). The first-order valence-electron chi connectivity index (χ1n) is 1.95. The van der Waals surface area contributed by atoms with Crippen LogP contribution < -0.4 is 5.44 Å². The van der Waals surface area contributed by atoms with Gasteiger partial charge in [-0.1, -0.05) is 4.57 Å². The van der Waals surface area contributed by atoms with Gasteiger partial charge in [-0.25, -0.2) is 0 Å². The number of hydrogen-bond donors (Lipinski definition) is 1. The number of aromatic amines is 1. The van der Waals surface area contributed by atoms with E-state index in [9.17, 15) is 4.57 Å². The summed E-state index contributed by atoms with van der Waals surface area (Å²) >= 11 is 0. The van der Waals surface area contributed by atoms with Gasteiger partial charge >= 0.3 is 8.46 Å². The van der Waals surface area contributed by atoms with E-state index in [1.807, 2.05) is 6.07 Å². The SMILES string of the molecule is O=[PH+]c1ccc[nH]1. The lowest BCUT2D eigenvalue weighted by atomic mass is 10.7. The third-order valence-corrected chi connectivity index (χ3v) is 1.24. The van der Waals surface area contributed by atoms with Gasteiger partial charge in [0.15, 0.2) is 0 Å². The smallest absolute Gasteiger partial charge is 0.324 e. The topological polar surface area (TPSA) is 32.9 Å². The van der Waals surface area contributed by atoms with E-state index in [0.29, 0.717) is 0 Å². The van der Waals surface area contributed by atoms with Gasteiger partial charge in [0.25, 0.3) is 5.44 Å². The Morgan fingerprint density at radius 3 is 2.86 bits per heavy atom. The number of rotatable bonds is 1. The van der Waals surface area contributed by atoms with Gasteiger partial charge in [0.1, 0.15) is 0 Å². The molecule has 0 bridgehead atoms. The van der Waals surface area contributed by atoms with Crippen molar-refractivity contribution in [2.24, 2.45) is 0 Å². The Balaban J connectivity index is 2.96. The minimum absolute atomic E-state index is 0.351. The summed E-state index contributed by atoms with van der Waals surface area (Å²) in [7, 11) is -0.351. The molecule has 3 heteroatoms. The van der Waals surface area contributed by atoms with Crippen LogP contribution in [0.2, 0.25) is 0 Å². The highest BCUT2D eigenvalue weighted by Crippen LogP contribution is 1.88. The maximum atomic E-state index is 9.99. The highest BCUT2D eigenvalue weighted by Gasteiger charge is 1.93. The van der Waals surface area contributed by atoms with E-state index in [-0.39, 0.29) is 8.46 Å². The molecule has 7 heavy (non-hydrogen) atoms. The summed E-state index contributed by atoms with van der Waals surface area (Å²) in [6.07, 6.45) is 1.75. The number of hydrogen-bond acceptors (Lipinski definition) is 1. The zero-order valence-corrected chi connectivity index (χ0v) is 4.64. The van der Waals surface area contributed by atoms with E-state index < -0.39 is 0 Å². The number of nitrogens with one attached hydrogen (secondary N) is 1. The summed E-state index contributed by atoms with van der Waals surface area (Å²) in [5.74, 6) is 0. The summed E-state index contributed by atoms with van der Waals surface area (Å²) in [4.78, 5) is 2.79. The third kappa shape index (κ3) is 0.875. The van der Waals surface area contributed by atoms with Crippen LogP contribution in [0.4, 0.5) is 0 Å². The molecule has 0 spiro atoms. The van der Waals surface area contributed by atoms with Gasteiger partial charge in [0.05, 0.1) is 0 Å². The van der Waals surface area contributed by atoms with Crippen LogP contribution in [0, 0.1) is 0 Å². The van der Waals surface area contributed by atoms with Crippen LogP contribution in [0.15, 0.2) is 18.3 Å². The van der Waals surface area contributed by atoms with Crippen molar-refractivity contribution >= 4 is 13.9 Å². The lowest BCUT2D eigenvalue weighted by Gasteiger charge is -1.58. The largest absolute Gasteiger partial charge is 0.381 e. The average Bonchev–Trinajstić information content (AvgIpc) is 2.14. The van der Waals surface area contributed by atoms with Crippen molar-refractivity contribution in [1.29, 1.82) is 0 Å². The van der Waals surface area contributed by atoms with Gasteiger partial charge in [-0.3, -0.25) is 0 Å². The van der Waals surface area contributed by atoms with Crippen molar-refractivity contribution in [1.82, 2.24) is 4.98 Å². The van der Waals surface area contributed by atoms with Crippen LogP contribution in [-0.4, -0.2) is 4.98 Å². The molecule has 1 aromatic heterocycles. The van der Waals surface area contributed by atoms with Gasteiger partial charge in [0.2, 0.25) is 0 Å². The molecule has 0 fully saturated rings. The monoisotopic (exact) mass is 114 g/mol. The zero-order valence-electron chi connectivity index (χ0n) is 3.64. The molecule has 0 amide bonds. The molecule has 1 unspecified atom stereocenters. The lowest BCUT2D eigenvalue weighted by Crippen LogP contribution is -1.85. The third-order valence-electron chi connectivity index (χ3n) is 0.708. The fourth-order valence-electron chi connectivity index (χ4n) is 0.394. The quantitative estimate of drug-likeness (QED) is 0.534. The van der Waals surface area contributed by atoms with Gasteiger partial charge in [-0.15, -0.1) is 0 Å². The van der Waals surface area contributed by atoms with Crippen LogP contribution in [0.1, 0.15) is 0 Å². The lowest BCUT2D eigenvalue weighted by molar-refractivity contribution is 0.602. The van der Waals surface area contributed by atoms with Crippen LogP contribution in [0.25, 0.3) is 0 Å². The molecule has 0 aliphatic rings. The van der Waals surface area contributed by atoms with Crippen molar-refractivity contribution < 1.29 is 4.57 Å². The first kappa shape index (κ1) is 4.54. The van der Waals surface area contributed by atoms with Crippen molar-refractivity contribution in [2.75, 3.05) is 0 Å². The molecule has 36 valence electrons. The van der Waals surface area contributed by atoms with E-state index >= 15 is 0 Å². The van der Waals surface area contributed by atoms with E-state index in [0.717, 1.165) is 5.44 Å². The Morgan fingerprint density at radius 2 is 2.57 bits per heavy atom. The summed E-state index contributed by atoms with van der Waals surface area (Å²) in [6, 6.07) is 3.60. The van der Waals surface area contributed by atoms with Crippen molar-refractivity contribution in [3.63, 3.8) is 0 Å². The fraction of sp³-hybridized carbons (Fsp3) is 0. The Hall–Kier alpha value is -0.620. The fourth-order valence-corrected chi connectivity index (χ4v) is 0.700. The zero-order chi connectivity index (χ0) is 5.11. The Kier molecular flexibility index (Phi) is 1.23. The molecule has 0 aliphatic carbocycles. The molecule has 1 atom stereocenters. The summed E-state index contributed by atoms with van der Waals surface area (Å²) in [6.45, 7) is 0. The Morgan fingerprint density at radius 1 is 1.71 bits per heavy atom. The van der Waals surface area contributed by atoms with Crippen molar-refractivity contribution in [3.05, 3.63) is 18.3 Å². The average molecular weight is 114 g/mol. The highest BCUT2D eigenvalue weighted by atomic mass is 31.1. The predicted octanol–water partition coefficient (Wildman–Crippen LogP) is 0.664. The second-order valence-corrected chi connectivity index (χ2v) is 1.93. The molecule has 1 heterocycles. The van der Waals surface area contributed by atoms with E-state index in [1.54, 1.807) is 12.3 Å². The van der Waals surface area contributed by atoms with Crippen LogP contribution in [0.5, 0.6) is 0 Å². The Bertz CT molecular complexity index is 147. The molecule has 1 N–H and O–H groups in total. The van der Waals surface area contributed by atoms with Crippen LogP contribution in [-0.2, 0) is 4.57 Å². The molecule has 0 aliphatic heterocycles. The molecule has 1 aromatic rings. The van der Waals surface area contributed by atoms with E-state index in [1.165, 1.54) is 0 Å². The van der Waals surface area contributed by atoms with Gasteiger partial charge in [-0.05, 0) is 6.07 Å². The van der Waals surface area contributed by atoms with Crippen LogP contribution >= 0.6 is 8.46 Å². The maximum absolute atomic E-state index is 9.99. The second-order valence-electron chi connectivity index (χ2n) is 1.19. The van der Waals surface area contributed by atoms with Crippen LogP contribution in [0.3, 0.4) is 0 Å². The number of aromatic nitrogens is 1. The van der Waals surface area contributed by atoms with Crippen molar-refractivity contribution in [3.8, 4) is 0 Å². The molecule has 0 radical (unpaired) electrons. The second kappa shape index (κ2) is 1.90. The summed E-state index contributed by atoms with van der Waals surface area (Å²) < 4.78 is 9.99. The first-order valence-corrected chi connectivity index (χ1v) is 2.86. The molecule has 0 aromatic carbocycles. The summed E-state index contributed by atoms with van der Waals surface area (Å²) in [5, 5.41) is 0. The normalized spacial score (nSPS) is 9.71. The Labute approximate surface area is 42.8 Å². The minimum atomic E-state index is -0.351. The molecular formula is C4H5NOP+. The predicted molar refractivity (Wildman–Crippen MR) is 29.4 cm³/mol. The molecule has 0 saturated heterocycles. The standard InChI is InChI=1S/C4H4NOP/c6-7-4-2-1-3-5-4/h1-3,5H/p+1. The maximum Gasteiger partial charge on any atom is 0.381 e.